The van der Waals surface area contributed by atoms with Gasteiger partial charge in [-0.25, -0.2) is 4.98 Å². The maximum absolute atomic E-state index is 12.9. The van der Waals surface area contributed by atoms with Crippen LogP contribution in [0.4, 0.5) is 0 Å². The summed E-state index contributed by atoms with van der Waals surface area (Å²) in [5, 5.41) is 2.94. The molecule has 22 heavy (non-hydrogen) atoms. The molecule has 2 aliphatic rings. The molecule has 7 heteroatoms. The summed E-state index contributed by atoms with van der Waals surface area (Å²) >= 11 is 1.59. The molecule has 0 bridgehead atoms. The van der Waals surface area contributed by atoms with E-state index in [0.717, 1.165) is 37.2 Å². The Balaban J connectivity index is 1.63. The SMILES string of the molecule is NC(=O)CN1CCCC(C(=O)N(Cc2nccs2)C2CC2)C1. The Labute approximate surface area is 134 Å². The van der Waals surface area contributed by atoms with Gasteiger partial charge in [-0.2, -0.15) is 0 Å². The molecule has 0 aromatic carbocycles. The summed E-state index contributed by atoms with van der Waals surface area (Å²) in [5.74, 6) is -0.129. The van der Waals surface area contributed by atoms with Crippen LogP contribution in [0.1, 0.15) is 30.7 Å². The molecule has 1 aliphatic carbocycles. The molecule has 2 heterocycles. The van der Waals surface area contributed by atoms with Crippen LogP contribution in [-0.2, 0) is 16.1 Å². The molecule has 1 unspecified atom stereocenters. The first kappa shape index (κ1) is 15.4. The largest absolute Gasteiger partial charge is 0.369 e. The fraction of sp³-hybridized carbons (Fsp3) is 0.667. The highest BCUT2D eigenvalue weighted by Crippen LogP contribution is 2.31. The van der Waals surface area contributed by atoms with E-state index < -0.39 is 0 Å². The zero-order valence-corrected chi connectivity index (χ0v) is 13.4. The molecule has 120 valence electrons. The third-order valence-electron chi connectivity index (χ3n) is 4.29. The van der Waals surface area contributed by atoms with Crippen molar-refractivity contribution in [2.45, 2.75) is 38.3 Å². The average Bonchev–Trinajstić information content (AvgIpc) is 3.20. The zero-order chi connectivity index (χ0) is 15.5. The Kier molecular flexibility index (Phi) is 4.73. The van der Waals surface area contributed by atoms with Gasteiger partial charge in [0.2, 0.25) is 11.8 Å². The lowest BCUT2D eigenvalue weighted by atomic mass is 9.96. The van der Waals surface area contributed by atoms with Crippen molar-refractivity contribution in [2.24, 2.45) is 11.7 Å². The molecule has 2 fully saturated rings. The van der Waals surface area contributed by atoms with Crippen LogP contribution in [0.5, 0.6) is 0 Å². The molecule has 2 N–H and O–H groups in total. The van der Waals surface area contributed by atoms with Gasteiger partial charge in [0.15, 0.2) is 0 Å². The minimum Gasteiger partial charge on any atom is -0.369 e. The number of hydrogen-bond acceptors (Lipinski definition) is 5. The van der Waals surface area contributed by atoms with Gasteiger partial charge in [0.1, 0.15) is 5.01 Å². The topological polar surface area (TPSA) is 79.5 Å². The molecule has 2 amide bonds. The first-order valence-electron chi connectivity index (χ1n) is 7.83. The third-order valence-corrected chi connectivity index (χ3v) is 5.06. The van der Waals surface area contributed by atoms with Gasteiger partial charge in [-0.3, -0.25) is 14.5 Å². The lowest BCUT2D eigenvalue weighted by Crippen LogP contribution is -2.47. The van der Waals surface area contributed by atoms with Crippen LogP contribution in [0.25, 0.3) is 0 Å². The summed E-state index contributed by atoms with van der Waals surface area (Å²) in [6.07, 6.45) is 5.81. The Bertz CT molecular complexity index is 530. The molecule has 0 spiro atoms. The van der Waals surface area contributed by atoms with Crippen LogP contribution >= 0.6 is 11.3 Å². The van der Waals surface area contributed by atoms with Gasteiger partial charge in [0, 0.05) is 24.2 Å². The highest BCUT2D eigenvalue weighted by molar-refractivity contribution is 7.09. The average molecular weight is 322 g/mol. The Morgan fingerprint density at radius 2 is 2.23 bits per heavy atom. The zero-order valence-electron chi connectivity index (χ0n) is 12.6. The van der Waals surface area contributed by atoms with E-state index in [1.807, 2.05) is 15.2 Å². The van der Waals surface area contributed by atoms with Gasteiger partial charge < -0.3 is 10.6 Å². The van der Waals surface area contributed by atoms with Gasteiger partial charge in [-0.05, 0) is 32.2 Å². The molecule has 3 rings (SSSR count). The van der Waals surface area contributed by atoms with Gasteiger partial charge in [0.05, 0.1) is 19.0 Å². The van der Waals surface area contributed by atoms with Crippen LogP contribution in [-0.4, -0.2) is 52.3 Å². The summed E-state index contributed by atoms with van der Waals surface area (Å²) in [6, 6.07) is 0.378. The predicted octanol–water partition coefficient (Wildman–Crippen LogP) is 0.831. The Morgan fingerprint density at radius 1 is 1.41 bits per heavy atom. The highest BCUT2D eigenvalue weighted by atomic mass is 32.1. The molecule has 1 atom stereocenters. The summed E-state index contributed by atoms with van der Waals surface area (Å²) < 4.78 is 0. The predicted molar refractivity (Wildman–Crippen MR) is 84.0 cm³/mol. The normalized spacial score (nSPS) is 22.5. The molecular formula is C15H22N4O2S. The van der Waals surface area contributed by atoms with E-state index >= 15 is 0 Å². The second kappa shape index (κ2) is 6.75. The number of piperidine rings is 1. The fourth-order valence-corrected chi connectivity index (χ4v) is 3.72. The van der Waals surface area contributed by atoms with Crippen LogP contribution in [0.15, 0.2) is 11.6 Å². The van der Waals surface area contributed by atoms with E-state index in [1.165, 1.54) is 0 Å². The Hall–Kier alpha value is -1.47. The van der Waals surface area contributed by atoms with Gasteiger partial charge in [-0.15, -0.1) is 11.3 Å². The van der Waals surface area contributed by atoms with Crippen LogP contribution < -0.4 is 5.73 Å². The van der Waals surface area contributed by atoms with Crippen LogP contribution in [0.2, 0.25) is 0 Å². The van der Waals surface area contributed by atoms with Crippen molar-refractivity contribution in [1.29, 1.82) is 0 Å². The lowest BCUT2D eigenvalue weighted by Gasteiger charge is -2.34. The van der Waals surface area contributed by atoms with Crippen molar-refractivity contribution in [3.63, 3.8) is 0 Å². The summed E-state index contributed by atoms with van der Waals surface area (Å²) in [6.45, 7) is 2.36. The number of hydrogen-bond donors (Lipinski definition) is 1. The fourth-order valence-electron chi connectivity index (χ4n) is 3.11. The number of nitrogens with two attached hydrogens (primary N) is 1. The second-order valence-corrected chi connectivity index (χ2v) is 7.14. The minimum atomic E-state index is -0.324. The molecule has 1 saturated heterocycles. The van der Waals surface area contributed by atoms with Crippen LogP contribution in [0.3, 0.4) is 0 Å². The van der Waals surface area contributed by atoms with Crippen molar-refractivity contribution >= 4 is 23.2 Å². The number of amides is 2. The van der Waals surface area contributed by atoms with Gasteiger partial charge in [-0.1, -0.05) is 0 Å². The minimum absolute atomic E-state index is 0.0198. The standard InChI is InChI=1S/C15H22N4O2S/c16-13(20)9-18-6-1-2-11(8-18)15(21)19(12-3-4-12)10-14-17-5-7-22-14/h5,7,11-12H,1-4,6,8-10H2,(H2,16,20). The van der Waals surface area contributed by atoms with Crippen molar-refractivity contribution in [3.8, 4) is 0 Å². The van der Waals surface area contributed by atoms with Crippen molar-refractivity contribution < 1.29 is 9.59 Å². The summed E-state index contributed by atoms with van der Waals surface area (Å²) in [7, 11) is 0. The van der Waals surface area contributed by atoms with Crippen molar-refractivity contribution in [1.82, 2.24) is 14.8 Å². The first-order valence-corrected chi connectivity index (χ1v) is 8.71. The van der Waals surface area contributed by atoms with Gasteiger partial charge in [0.25, 0.3) is 0 Å². The van der Waals surface area contributed by atoms with Crippen LogP contribution in [0, 0.1) is 5.92 Å². The lowest BCUT2D eigenvalue weighted by molar-refractivity contribution is -0.139. The van der Waals surface area contributed by atoms with E-state index in [0.29, 0.717) is 19.1 Å². The quantitative estimate of drug-likeness (QED) is 0.841. The number of aromatic nitrogens is 1. The first-order chi connectivity index (χ1) is 10.6. The maximum Gasteiger partial charge on any atom is 0.231 e. The number of thiazole rings is 1. The number of carbonyl (C=O) groups is 2. The number of primary amides is 1. The van der Waals surface area contributed by atoms with E-state index in [1.54, 1.807) is 17.5 Å². The molecular weight excluding hydrogens is 300 g/mol. The number of rotatable bonds is 6. The van der Waals surface area contributed by atoms with Crippen molar-refractivity contribution in [3.05, 3.63) is 16.6 Å². The smallest absolute Gasteiger partial charge is 0.231 e. The monoisotopic (exact) mass is 322 g/mol. The number of likely N-dealkylation sites (tertiary alicyclic amines) is 1. The second-order valence-electron chi connectivity index (χ2n) is 6.16. The van der Waals surface area contributed by atoms with E-state index in [2.05, 4.69) is 4.98 Å². The van der Waals surface area contributed by atoms with E-state index in [4.69, 9.17) is 5.73 Å². The molecule has 1 aliphatic heterocycles. The molecule has 1 aromatic heterocycles. The number of carbonyl (C=O) groups excluding carboxylic acids is 2. The number of nitrogens with zero attached hydrogens (tertiary/aromatic N) is 3. The van der Waals surface area contributed by atoms with Crippen molar-refractivity contribution in [2.75, 3.05) is 19.6 Å². The summed E-state index contributed by atoms with van der Waals surface area (Å²) in [5.41, 5.74) is 5.27. The highest BCUT2D eigenvalue weighted by Gasteiger charge is 2.37. The third kappa shape index (κ3) is 3.84. The van der Waals surface area contributed by atoms with Gasteiger partial charge >= 0.3 is 0 Å². The van der Waals surface area contributed by atoms with E-state index in [9.17, 15) is 9.59 Å². The Morgan fingerprint density at radius 3 is 2.86 bits per heavy atom. The molecule has 1 saturated carbocycles. The van der Waals surface area contributed by atoms with E-state index in [-0.39, 0.29) is 24.3 Å². The summed E-state index contributed by atoms with van der Waals surface area (Å²) in [4.78, 5) is 32.3. The maximum atomic E-state index is 12.9. The molecule has 0 radical (unpaired) electrons. The molecule has 6 nitrogen and oxygen atoms in total. The molecule has 1 aromatic rings.